The van der Waals surface area contributed by atoms with E-state index in [2.05, 4.69) is 10.6 Å². The Bertz CT molecular complexity index is 425. The van der Waals surface area contributed by atoms with Gasteiger partial charge in [-0.1, -0.05) is 36.6 Å². The number of hydrogen-bond donors (Lipinski definition) is 3. The highest BCUT2D eigenvalue weighted by atomic mass is 35.5. The zero-order valence-corrected chi connectivity index (χ0v) is 10.8. The molecule has 0 saturated heterocycles. The standard InChI is InChI=1S/C13H17ClN2O2/c14-9-5-1-2-6-10(9)15-13(18)16-11-7-3-4-8-12(11)17/h1-2,5-6,11-12,17H,3-4,7-8H2,(H2,15,16,18)/t11-,12-/m0/s1. The van der Waals surface area contributed by atoms with E-state index >= 15 is 0 Å². The minimum atomic E-state index is -0.448. The van der Waals surface area contributed by atoms with Gasteiger partial charge in [0.25, 0.3) is 0 Å². The molecular formula is C13H17ClN2O2. The molecule has 0 unspecified atom stereocenters. The van der Waals surface area contributed by atoms with E-state index in [1.807, 2.05) is 0 Å². The van der Waals surface area contributed by atoms with Gasteiger partial charge in [0.1, 0.15) is 0 Å². The van der Waals surface area contributed by atoms with E-state index in [1.54, 1.807) is 24.3 Å². The summed E-state index contributed by atoms with van der Waals surface area (Å²) >= 11 is 5.95. The summed E-state index contributed by atoms with van der Waals surface area (Å²) in [5, 5.41) is 15.7. The lowest BCUT2D eigenvalue weighted by Gasteiger charge is -2.28. The zero-order chi connectivity index (χ0) is 13.0. The molecule has 2 amide bonds. The molecule has 0 spiro atoms. The lowest BCUT2D eigenvalue weighted by atomic mass is 9.93. The van der Waals surface area contributed by atoms with Gasteiger partial charge in [0.05, 0.1) is 22.9 Å². The van der Waals surface area contributed by atoms with Crippen LogP contribution >= 0.6 is 11.6 Å². The Kier molecular flexibility index (Phi) is 4.44. The van der Waals surface area contributed by atoms with Crippen LogP contribution in [0.1, 0.15) is 25.7 Å². The van der Waals surface area contributed by atoms with Crippen molar-refractivity contribution in [3.63, 3.8) is 0 Å². The number of benzene rings is 1. The van der Waals surface area contributed by atoms with E-state index in [4.69, 9.17) is 11.6 Å². The van der Waals surface area contributed by atoms with Crippen LogP contribution < -0.4 is 10.6 Å². The fraction of sp³-hybridized carbons (Fsp3) is 0.462. The quantitative estimate of drug-likeness (QED) is 0.772. The number of urea groups is 1. The first-order valence-corrected chi connectivity index (χ1v) is 6.55. The molecule has 0 radical (unpaired) electrons. The van der Waals surface area contributed by atoms with Crippen LogP contribution in [0.5, 0.6) is 0 Å². The van der Waals surface area contributed by atoms with Crippen LogP contribution in [0.3, 0.4) is 0 Å². The van der Waals surface area contributed by atoms with Crippen LogP contribution in [0.15, 0.2) is 24.3 Å². The monoisotopic (exact) mass is 268 g/mol. The second-order valence-corrected chi connectivity index (χ2v) is 4.94. The maximum atomic E-state index is 11.8. The lowest BCUT2D eigenvalue weighted by Crippen LogP contribution is -2.46. The van der Waals surface area contributed by atoms with Gasteiger partial charge in [-0.3, -0.25) is 0 Å². The number of halogens is 1. The molecule has 98 valence electrons. The van der Waals surface area contributed by atoms with Crippen molar-refractivity contribution in [3.8, 4) is 0 Å². The van der Waals surface area contributed by atoms with E-state index in [0.29, 0.717) is 10.7 Å². The van der Waals surface area contributed by atoms with Crippen molar-refractivity contribution in [2.24, 2.45) is 0 Å². The Morgan fingerprint density at radius 3 is 2.72 bits per heavy atom. The number of aliphatic hydroxyl groups excluding tert-OH is 1. The van der Waals surface area contributed by atoms with Crippen molar-refractivity contribution < 1.29 is 9.90 Å². The largest absolute Gasteiger partial charge is 0.391 e. The smallest absolute Gasteiger partial charge is 0.319 e. The summed E-state index contributed by atoms with van der Waals surface area (Å²) in [6.07, 6.45) is 3.17. The number of amides is 2. The van der Waals surface area contributed by atoms with Crippen LogP contribution in [0.4, 0.5) is 10.5 Å². The van der Waals surface area contributed by atoms with Crippen molar-refractivity contribution in [2.45, 2.75) is 37.8 Å². The van der Waals surface area contributed by atoms with E-state index < -0.39 is 6.10 Å². The van der Waals surface area contributed by atoms with E-state index in [0.717, 1.165) is 25.7 Å². The van der Waals surface area contributed by atoms with E-state index in [-0.39, 0.29) is 12.1 Å². The Hall–Kier alpha value is -1.26. The molecule has 0 heterocycles. The van der Waals surface area contributed by atoms with E-state index in [1.165, 1.54) is 0 Å². The van der Waals surface area contributed by atoms with Gasteiger partial charge in [0, 0.05) is 0 Å². The topological polar surface area (TPSA) is 61.4 Å². The fourth-order valence-electron chi connectivity index (χ4n) is 2.17. The number of para-hydroxylation sites is 1. The molecule has 2 atom stereocenters. The van der Waals surface area contributed by atoms with E-state index in [9.17, 15) is 9.90 Å². The second-order valence-electron chi connectivity index (χ2n) is 4.54. The highest BCUT2D eigenvalue weighted by molar-refractivity contribution is 6.33. The van der Waals surface area contributed by atoms with Crippen molar-refractivity contribution >= 4 is 23.3 Å². The summed E-state index contributed by atoms with van der Waals surface area (Å²) in [6, 6.07) is 6.56. The summed E-state index contributed by atoms with van der Waals surface area (Å²) in [6.45, 7) is 0. The number of nitrogens with one attached hydrogen (secondary N) is 2. The van der Waals surface area contributed by atoms with Gasteiger partial charge >= 0.3 is 6.03 Å². The minimum Gasteiger partial charge on any atom is -0.391 e. The molecule has 0 aliphatic heterocycles. The molecule has 3 N–H and O–H groups in total. The summed E-state index contributed by atoms with van der Waals surface area (Å²) in [5.41, 5.74) is 0.571. The van der Waals surface area contributed by atoms with Crippen LogP contribution in [-0.2, 0) is 0 Å². The third-order valence-corrected chi connectivity index (χ3v) is 3.50. The Labute approximate surface area is 111 Å². The molecule has 18 heavy (non-hydrogen) atoms. The van der Waals surface area contributed by atoms with Crippen LogP contribution in [0, 0.1) is 0 Å². The minimum absolute atomic E-state index is 0.166. The van der Waals surface area contributed by atoms with Gasteiger partial charge in [-0.2, -0.15) is 0 Å². The zero-order valence-electron chi connectivity index (χ0n) is 10.0. The summed E-state index contributed by atoms with van der Waals surface area (Å²) < 4.78 is 0. The molecule has 1 saturated carbocycles. The molecule has 0 aromatic heterocycles. The number of carbonyl (C=O) groups excluding carboxylic acids is 1. The van der Waals surface area contributed by atoms with Gasteiger partial charge in [-0.25, -0.2) is 4.79 Å². The third-order valence-electron chi connectivity index (χ3n) is 3.17. The maximum absolute atomic E-state index is 11.8. The molecule has 1 fully saturated rings. The van der Waals surface area contributed by atoms with Crippen molar-refractivity contribution in [1.29, 1.82) is 0 Å². The highest BCUT2D eigenvalue weighted by Crippen LogP contribution is 2.21. The maximum Gasteiger partial charge on any atom is 0.319 e. The number of carbonyl (C=O) groups is 1. The van der Waals surface area contributed by atoms with Gasteiger partial charge in [-0.15, -0.1) is 0 Å². The molecule has 1 aromatic carbocycles. The van der Waals surface area contributed by atoms with Crippen LogP contribution in [0.25, 0.3) is 0 Å². The van der Waals surface area contributed by atoms with Gasteiger partial charge < -0.3 is 15.7 Å². The van der Waals surface area contributed by atoms with Gasteiger partial charge in [0.15, 0.2) is 0 Å². The number of aliphatic hydroxyl groups is 1. The first-order valence-electron chi connectivity index (χ1n) is 6.17. The number of anilines is 1. The molecule has 1 aromatic rings. The molecule has 4 nitrogen and oxygen atoms in total. The fourth-order valence-corrected chi connectivity index (χ4v) is 2.35. The molecular weight excluding hydrogens is 252 g/mol. The Morgan fingerprint density at radius 2 is 2.00 bits per heavy atom. The average molecular weight is 269 g/mol. The Balaban J connectivity index is 1.90. The SMILES string of the molecule is O=C(Nc1ccccc1Cl)N[C@H]1CCCC[C@@H]1O. The molecule has 2 rings (SSSR count). The normalized spacial score (nSPS) is 23.4. The highest BCUT2D eigenvalue weighted by Gasteiger charge is 2.24. The molecule has 0 bridgehead atoms. The number of hydrogen-bond acceptors (Lipinski definition) is 2. The molecule has 1 aliphatic rings. The predicted molar refractivity (Wildman–Crippen MR) is 71.9 cm³/mol. The summed E-state index contributed by atoms with van der Waals surface area (Å²) in [5.74, 6) is 0. The Morgan fingerprint density at radius 1 is 1.28 bits per heavy atom. The first-order chi connectivity index (χ1) is 8.66. The second kappa shape index (κ2) is 6.07. The predicted octanol–water partition coefficient (Wildman–Crippen LogP) is 2.77. The third kappa shape index (κ3) is 3.37. The van der Waals surface area contributed by atoms with Crippen LogP contribution in [-0.4, -0.2) is 23.3 Å². The van der Waals surface area contributed by atoms with Gasteiger partial charge in [0.2, 0.25) is 0 Å². The first kappa shape index (κ1) is 13.2. The van der Waals surface area contributed by atoms with Crippen molar-refractivity contribution in [3.05, 3.63) is 29.3 Å². The lowest BCUT2D eigenvalue weighted by molar-refractivity contribution is 0.0955. The van der Waals surface area contributed by atoms with Crippen molar-refractivity contribution in [1.82, 2.24) is 5.32 Å². The molecule has 1 aliphatic carbocycles. The van der Waals surface area contributed by atoms with Crippen molar-refractivity contribution in [2.75, 3.05) is 5.32 Å². The van der Waals surface area contributed by atoms with Crippen LogP contribution in [0.2, 0.25) is 5.02 Å². The molecule has 5 heteroatoms. The summed E-state index contributed by atoms with van der Waals surface area (Å²) in [7, 11) is 0. The number of rotatable bonds is 2. The van der Waals surface area contributed by atoms with Gasteiger partial charge in [-0.05, 0) is 25.0 Å². The average Bonchev–Trinajstić information content (AvgIpc) is 2.35. The summed E-state index contributed by atoms with van der Waals surface area (Å²) in [4.78, 5) is 11.8.